The fraction of sp³-hybridized carbons (Fsp3) is 0.421. The monoisotopic (exact) mass is 559 g/mol. The first kappa shape index (κ1) is 27.6. The van der Waals surface area contributed by atoms with Crippen LogP contribution in [0, 0.1) is 0 Å². The van der Waals surface area contributed by atoms with Crippen LogP contribution in [0.1, 0.15) is 0 Å². The Morgan fingerprint density at radius 2 is 1.63 bits per heavy atom. The van der Waals surface area contributed by atoms with E-state index >= 15 is 0 Å². The van der Waals surface area contributed by atoms with E-state index in [-0.39, 0.29) is 19.1 Å². The zero-order valence-electron chi connectivity index (χ0n) is 18.1. The Morgan fingerprint density at radius 3 is 2.20 bits per heavy atom. The Bertz CT molecular complexity index is 1180. The van der Waals surface area contributed by atoms with Gasteiger partial charge in [0.05, 0.1) is 25.3 Å². The summed E-state index contributed by atoms with van der Waals surface area (Å²) in [5, 5.41) is 0.476. The van der Waals surface area contributed by atoms with Gasteiger partial charge in [-0.3, -0.25) is 0 Å². The second kappa shape index (κ2) is 11.0. The maximum atomic E-state index is 12.7. The van der Waals surface area contributed by atoms with Gasteiger partial charge in [0, 0.05) is 16.3 Å². The first-order valence-electron chi connectivity index (χ1n) is 9.85. The quantitative estimate of drug-likeness (QED) is 0.110. The molecule has 2 aromatic heterocycles. The molecule has 0 spiro atoms. The van der Waals surface area contributed by atoms with E-state index in [2.05, 4.69) is 15.0 Å². The summed E-state index contributed by atoms with van der Waals surface area (Å²) >= 11 is 2.91. The normalized spacial score (nSPS) is 13.0. The molecule has 0 aliphatic heterocycles. The fourth-order valence-corrected chi connectivity index (χ4v) is 6.47. The van der Waals surface area contributed by atoms with Crippen LogP contribution in [0.2, 0.25) is 0 Å². The van der Waals surface area contributed by atoms with Gasteiger partial charge in [0.2, 0.25) is 5.95 Å². The van der Waals surface area contributed by atoms with Crippen LogP contribution in [0.5, 0.6) is 0 Å². The van der Waals surface area contributed by atoms with Crippen molar-refractivity contribution in [2.75, 3.05) is 37.3 Å². The van der Waals surface area contributed by atoms with Crippen molar-refractivity contribution >= 4 is 47.8 Å². The first-order chi connectivity index (χ1) is 16.3. The van der Waals surface area contributed by atoms with Crippen molar-refractivity contribution in [3.8, 4) is 0 Å². The zero-order chi connectivity index (χ0) is 25.9. The highest BCUT2D eigenvalue weighted by molar-refractivity contribution is 7.99. The molecule has 3 aromatic rings. The number of nitrogens with zero attached hydrogens (tertiary/aromatic N) is 4. The van der Waals surface area contributed by atoms with E-state index in [1.54, 1.807) is 11.8 Å². The summed E-state index contributed by atoms with van der Waals surface area (Å²) in [6, 6.07) is 7.71. The lowest BCUT2D eigenvalue weighted by Gasteiger charge is -2.21. The largest absolute Gasteiger partial charge is 0.395 e. The van der Waals surface area contributed by atoms with E-state index in [0.29, 0.717) is 16.2 Å². The van der Waals surface area contributed by atoms with Crippen molar-refractivity contribution in [2.24, 2.45) is 0 Å². The number of imidazole rings is 1. The molecule has 0 unspecified atom stereocenters. The molecule has 0 saturated heterocycles. The topological polar surface area (TPSA) is 95.9 Å². The molecule has 35 heavy (non-hydrogen) atoms. The third-order valence-electron chi connectivity index (χ3n) is 4.46. The van der Waals surface area contributed by atoms with Gasteiger partial charge in [-0.05, 0) is 30.5 Å². The van der Waals surface area contributed by atoms with E-state index in [4.69, 9.17) is 10.5 Å². The van der Waals surface area contributed by atoms with Crippen LogP contribution >= 0.6 is 30.7 Å². The highest BCUT2D eigenvalue weighted by Gasteiger charge is 2.46. The summed E-state index contributed by atoms with van der Waals surface area (Å²) in [6.45, 7) is -0.328. The molecule has 2 heterocycles. The van der Waals surface area contributed by atoms with Crippen molar-refractivity contribution in [1.29, 1.82) is 0 Å². The highest BCUT2D eigenvalue weighted by Crippen LogP contribution is 2.53. The Balaban J connectivity index is 1.70. The Morgan fingerprint density at radius 1 is 1.03 bits per heavy atom. The third kappa shape index (κ3) is 8.29. The number of thioether (sulfide) groups is 1. The molecule has 7 nitrogen and oxygen atoms in total. The molecule has 0 radical (unpaired) electrons. The summed E-state index contributed by atoms with van der Waals surface area (Å²) in [4.78, 5) is 14.6. The van der Waals surface area contributed by atoms with Crippen LogP contribution in [-0.4, -0.2) is 63.4 Å². The summed E-state index contributed by atoms with van der Waals surface area (Å²) in [5.74, 6) is -0.0387. The van der Waals surface area contributed by atoms with Crippen LogP contribution < -0.4 is 5.73 Å². The van der Waals surface area contributed by atoms with Gasteiger partial charge in [0.25, 0.3) is 0 Å². The van der Waals surface area contributed by atoms with Crippen LogP contribution in [0.3, 0.4) is 0 Å². The molecule has 0 aliphatic carbocycles. The Kier molecular flexibility index (Phi) is 8.66. The number of nitrogen functional groups attached to an aromatic ring is 1. The van der Waals surface area contributed by atoms with Crippen molar-refractivity contribution < 1.29 is 35.6 Å². The van der Waals surface area contributed by atoms with Crippen LogP contribution in [0.25, 0.3) is 11.2 Å². The molecular weight excluding hydrogens is 539 g/mol. The molecule has 0 bridgehead atoms. The van der Waals surface area contributed by atoms with Crippen LogP contribution in [0.4, 0.5) is 32.3 Å². The molecule has 3 rings (SSSR count). The second-order valence-electron chi connectivity index (χ2n) is 7.42. The number of halogens is 6. The number of nitrogens with two attached hydrogens (primary N) is 1. The molecule has 192 valence electrons. The molecule has 0 amide bonds. The van der Waals surface area contributed by atoms with Crippen LogP contribution in [-0.2, 0) is 15.8 Å². The maximum Gasteiger partial charge on any atom is 0.395 e. The smallest absolute Gasteiger partial charge is 0.372 e. The van der Waals surface area contributed by atoms with Gasteiger partial charge in [0.1, 0.15) is 24.0 Å². The lowest BCUT2D eigenvalue weighted by molar-refractivity contribution is -0.113. The number of fused-ring (bicyclic) bond motifs is 1. The number of anilines is 1. The number of ether oxygens (including phenoxy) is 1. The number of alkyl halides is 6. The summed E-state index contributed by atoms with van der Waals surface area (Å²) in [6.07, 6.45) is -11.9. The summed E-state index contributed by atoms with van der Waals surface area (Å²) < 4.78 is 94.8. The average molecular weight is 559 g/mol. The molecule has 1 aromatic carbocycles. The molecule has 2 N–H and O–H groups in total. The SMILES string of the molecule is CSc1ccc(Sc2nc(N)nc3c2ncn3CCOCP(=O)(CC(F)(F)F)CC(F)(F)F)cc1. The fourth-order valence-electron chi connectivity index (χ4n) is 3.12. The van der Waals surface area contributed by atoms with Crippen molar-refractivity contribution in [1.82, 2.24) is 19.5 Å². The van der Waals surface area contributed by atoms with Gasteiger partial charge in [-0.1, -0.05) is 11.8 Å². The van der Waals surface area contributed by atoms with Crippen LogP contribution in [0.15, 0.2) is 45.4 Å². The Hall–Kier alpha value is -1.96. The number of hydrogen-bond donors (Lipinski definition) is 1. The molecule has 0 atom stereocenters. The zero-order valence-corrected chi connectivity index (χ0v) is 20.7. The number of aromatic nitrogens is 4. The molecule has 0 aliphatic rings. The lowest BCUT2D eigenvalue weighted by Crippen LogP contribution is -2.24. The minimum Gasteiger partial charge on any atom is -0.372 e. The van der Waals surface area contributed by atoms with E-state index in [9.17, 15) is 30.9 Å². The van der Waals surface area contributed by atoms with E-state index in [0.717, 1.165) is 9.79 Å². The maximum absolute atomic E-state index is 12.7. The molecular formula is C19H20F6N5O2PS2. The van der Waals surface area contributed by atoms with Crippen molar-refractivity contribution in [2.45, 2.75) is 33.7 Å². The van der Waals surface area contributed by atoms with Crippen molar-refractivity contribution in [3.63, 3.8) is 0 Å². The van der Waals surface area contributed by atoms with Crippen molar-refractivity contribution in [3.05, 3.63) is 30.6 Å². The number of hydrogen-bond acceptors (Lipinski definition) is 8. The van der Waals surface area contributed by atoms with E-state index in [1.165, 1.54) is 22.7 Å². The second-order valence-corrected chi connectivity index (χ2v) is 12.4. The van der Waals surface area contributed by atoms with Gasteiger partial charge in [-0.2, -0.15) is 31.3 Å². The minimum atomic E-state index is -5.01. The third-order valence-corrected chi connectivity index (χ3v) is 8.71. The minimum absolute atomic E-state index is 0.0164. The first-order valence-corrected chi connectivity index (χ1v) is 14.2. The number of benzene rings is 1. The van der Waals surface area contributed by atoms with Gasteiger partial charge in [0.15, 0.2) is 5.65 Å². The van der Waals surface area contributed by atoms with E-state index < -0.39 is 38.2 Å². The van der Waals surface area contributed by atoms with Gasteiger partial charge in [-0.15, -0.1) is 11.8 Å². The highest BCUT2D eigenvalue weighted by atomic mass is 32.2. The molecule has 0 fully saturated rings. The standard InChI is InChI=1S/C19H20F6N5O2PS2/c1-34-12-2-4-13(5-3-12)35-16-14-15(28-17(26)29-16)30(10-27-14)6-7-32-11-33(31,8-18(20,21)22)9-19(23,24)25/h2-5,10H,6-9,11H2,1H3,(H2,26,28,29). The van der Waals surface area contributed by atoms with Gasteiger partial charge >= 0.3 is 12.4 Å². The lowest BCUT2D eigenvalue weighted by atomic mass is 10.4. The van der Waals surface area contributed by atoms with Gasteiger partial charge in [-0.25, -0.2) is 9.97 Å². The molecule has 0 saturated carbocycles. The number of rotatable bonds is 10. The average Bonchev–Trinajstić information content (AvgIpc) is 3.12. The summed E-state index contributed by atoms with van der Waals surface area (Å²) in [5.41, 5.74) is 6.55. The van der Waals surface area contributed by atoms with E-state index in [1.807, 2.05) is 30.5 Å². The summed E-state index contributed by atoms with van der Waals surface area (Å²) in [7, 11) is -4.73. The predicted molar refractivity (Wildman–Crippen MR) is 122 cm³/mol. The predicted octanol–water partition coefficient (Wildman–Crippen LogP) is 5.74. The molecule has 16 heteroatoms. The Labute approximate surface area is 204 Å². The van der Waals surface area contributed by atoms with Gasteiger partial charge < -0.3 is 19.6 Å².